The van der Waals surface area contributed by atoms with E-state index in [0.29, 0.717) is 25.9 Å². The quantitative estimate of drug-likeness (QED) is 0.0320. The number of carbonyl (C=O) groups is 2. The van der Waals surface area contributed by atoms with Crippen LogP contribution in [-0.2, 0) is 14.3 Å². The van der Waals surface area contributed by atoms with Gasteiger partial charge in [-0.15, -0.1) is 0 Å². The second kappa shape index (κ2) is 68.1. The van der Waals surface area contributed by atoms with Gasteiger partial charge in [-0.1, -0.05) is 360 Å². The predicted molar refractivity (Wildman–Crippen MR) is 343 cm³/mol. The van der Waals surface area contributed by atoms with Crippen molar-refractivity contribution in [3.05, 3.63) is 12.2 Å². The minimum Gasteiger partial charge on any atom is -0.466 e. The molecule has 6 nitrogen and oxygen atoms in total. The molecular weight excluding hydrogens is 959 g/mol. The number of ether oxygens (including phenoxy) is 1. The Morgan fingerprint density at radius 1 is 0.346 bits per heavy atom. The number of unbranched alkanes of at least 4 members (excludes halogenated alkanes) is 55. The van der Waals surface area contributed by atoms with Gasteiger partial charge in [-0.05, 0) is 51.4 Å². The molecule has 2 unspecified atom stereocenters. The third-order valence-electron chi connectivity index (χ3n) is 17.1. The molecule has 78 heavy (non-hydrogen) atoms. The number of hydrogen-bond acceptors (Lipinski definition) is 5. The smallest absolute Gasteiger partial charge is 0.305 e. The summed E-state index contributed by atoms with van der Waals surface area (Å²) in [7, 11) is 0. The van der Waals surface area contributed by atoms with Crippen molar-refractivity contribution in [1.82, 2.24) is 5.32 Å². The van der Waals surface area contributed by atoms with Crippen LogP contribution in [-0.4, -0.2) is 47.4 Å². The van der Waals surface area contributed by atoms with E-state index in [1.54, 1.807) is 0 Å². The lowest BCUT2D eigenvalue weighted by molar-refractivity contribution is -0.143. The van der Waals surface area contributed by atoms with Crippen LogP contribution in [0.2, 0.25) is 0 Å². The highest BCUT2D eigenvalue weighted by atomic mass is 16.5. The molecule has 0 radical (unpaired) electrons. The summed E-state index contributed by atoms with van der Waals surface area (Å²) >= 11 is 0. The van der Waals surface area contributed by atoms with Gasteiger partial charge in [-0.3, -0.25) is 9.59 Å². The van der Waals surface area contributed by atoms with E-state index in [0.717, 1.165) is 38.5 Å². The molecule has 0 aromatic rings. The Bertz CT molecular complexity index is 1180. The van der Waals surface area contributed by atoms with E-state index in [2.05, 4.69) is 31.3 Å². The lowest BCUT2D eigenvalue weighted by Crippen LogP contribution is -2.45. The molecule has 464 valence electrons. The second-order valence-electron chi connectivity index (χ2n) is 24.9. The molecule has 6 heteroatoms. The number of aliphatic hydroxyl groups is 2. The van der Waals surface area contributed by atoms with Crippen LogP contribution >= 0.6 is 0 Å². The largest absolute Gasteiger partial charge is 0.466 e. The van der Waals surface area contributed by atoms with E-state index in [1.165, 1.54) is 340 Å². The van der Waals surface area contributed by atoms with Crippen molar-refractivity contribution in [3.63, 3.8) is 0 Å². The van der Waals surface area contributed by atoms with Crippen LogP contribution < -0.4 is 5.32 Å². The van der Waals surface area contributed by atoms with E-state index in [1.807, 2.05) is 0 Å². The van der Waals surface area contributed by atoms with E-state index >= 15 is 0 Å². The summed E-state index contributed by atoms with van der Waals surface area (Å²) < 4.78 is 5.50. The Kier molecular flexibility index (Phi) is 66.9. The zero-order valence-electron chi connectivity index (χ0n) is 53.2. The van der Waals surface area contributed by atoms with Gasteiger partial charge in [0.05, 0.1) is 25.4 Å². The SMILES string of the molecule is CCCCCCCCCCCCCCCCCCC(=O)OCCCCCCCCCCCCCC/C=C\CCCCCCCCCCCCCCCC(=O)NC(CO)C(O)CCCCCCCCCCCCCCCCCC. The zero-order chi connectivity index (χ0) is 56.4. The molecule has 2 atom stereocenters. The number of esters is 1. The molecule has 0 fully saturated rings. The average Bonchev–Trinajstić information content (AvgIpc) is 3.44. The standard InChI is InChI=1S/C72H141NO5/c1-3-5-7-9-11-13-15-17-19-36-40-44-48-52-56-60-64-70(75)69(68-74)73-71(76)65-61-57-53-49-45-41-37-34-32-30-28-26-24-22-21-23-25-27-29-31-33-35-39-43-47-51-55-59-63-67-78-72(77)66-62-58-54-50-46-42-38-20-18-16-14-12-10-8-6-4-2/h21,23,69-70,74-75H,3-20,22,24-68H2,1-2H3,(H,73,76)/b23-21-. The van der Waals surface area contributed by atoms with Crippen LogP contribution in [0, 0.1) is 0 Å². The maximum atomic E-state index is 12.5. The highest BCUT2D eigenvalue weighted by Crippen LogP contribution is 2.19. The predicted octanol–water partition coefficient (Wildman–Crippen LogP) is 23.1. The maximum Gasteiger partial charge on any atom is 0.305 e. The molecule has 0 aliphatic heterocycles. The highest BCUT2D eigenvalue weighted by Gasteiger charge is 2.20. The van der Waals surface area contributed by atoms with Crippen molar-refractivity contribution in [3.8, 4) is 0 Å². The molecule has 3 N–H and O–H groups in total. The molecule has 0 spiro atoms. The number of allylic oxidation sites excluding steroid dienone is 2. The first kappa shape index (κ1) is 76.6. The summed E-state index contributed by atoms with van der Waals surface area (Å²) in [6.45, 7) is 5.00. The van der Waals surface area contributed by atoms with Crippen LogP contribution in [0.15, 0.2) is 12.2 Å². The second-order valence-corrected chi connectivity index (χ2v) is 24.9. The van der Waals surface area contributed by atoms with Crippen LogP contribution in [0.3, 0.4) is 0 Å². The molecule has 0 saturated carbocycles. The van der Waals surface area contributed by atoms with Crippen molar-refractivity contribution in [2.75, 3.05) is 13.2 Å². The third-order valence-corrected chi connectivity index (χ3v) is 17.1. The summed E-state index contributed by atoms with van der Waals surface area (Å²) in [4.78, 5) is 24.6. The average molecular weight is 1100 g/mol. The number of carbonyl (C=O) groups excluding carboxylic acids is 2. The Morgan fingerprint density at radius 3 is 0.910 bits per heavy atom. The van der Waals surface area contributed by atoms with Crippen molar-refractivity contribution in [1.29, 1.82) is 0 Å². The normalized spacial score (nSPS) is 12.5. The van der Waals surface area contributed by atoms with Crippen molar-refractivity contribution in [2.24, 2.45) is 0 Å². The van der Waals surface area contributed by atoms with E-state index in [9.17, 15) is 19.8 Å². The molecule has 0 aromatic heterocycles. The highest BCUT2D eigenvalue weighted by molar-refractivity contribution is 5.76. The monoisotopic (exact) mass is 1100 g/mol. The van der Waals surface area contributed by atoms with Crippen molar-refractivity contribution < 1.29 is 24.5 Å². The molecule has 0 rings (SSSR count). The van der Waals surface area contributed by atoms with Gasteiger partial charge in [0, 0.05) is 12.8 Å². The van der Waals surface area contributed by atoms with Gasteiger partial charge >= 0.3 is 5.97 Å². The Hall–Kier alpha value is -1.40. The number of hydrogen-bond donors (Lipinski definition) is 3. The fourth-order valence-corrected chi connectivity index (χ4v) is 11.6. The lowest BCUT2D eigenvalue weighted by Gasteiger charge is -2.22. The van der Waals surface area contributed by atoms with Gasteiger partial charge in [0.1, 0.15) is 0 Å². The summed E-state index contributed by atoms with van der Waals surface area (Å²) in [5.41, 5.74) is 0. The first-order chi connectivity index (χ1) is 38.5. The van der Waals surface area contributed by atoms with Crippen molar-refractivity contribution >= 4 is 11.9 Å². The van der Waals surface area contributed by atoms with Gasteiger partial charge in [-0.2, -0.15) is 0 Å². The Labute approximate surface area is 489 Å². The first-order valence-corrected chi connectivity index (χ1v) is 35.9. The molecule has 0 bridgehead atoms. The Balaban J connectivity index is 3.35. The molecule has 0 aliphatic rings. The molecule has 0 aliphatic carbocycles. The summed E-state index contributed by atoms with van der Waals surface area (Å²) in [6, 6.07) is -0.540. The van der Waals surface area contributed by atoms with Gasteiger partial charge in [-0.25, -0.2) is 0 Å². The van der Waals surface area contributed by atoms with Gasteiger partial charge in [0.25, 0.3) is 0 Å². The van der Waals surface area contributed by atoms with E-state index < -0.39 is 12.1 Å². The third kappa shape index (κ3) is 63.8. The summed E-state index contributed by atoms with van der Waals surface area (Å²) in [6.07, 6.45) is 84.1. The van der Waals surface area contributed by atoms with Crippen LogP contribution in [0.4, 0.5) is 0 Å². The maximum absolute atomic E-state index is 12.5. The fourth-order valence-electron chi connectivity index (χ4n) is 11.6. The van der Waals surface area contributed by atoms with Crippen molar-refractivity contribution in [2.45, 2.75) is 424 Å². The van der Waals surface area contributed by atoms with Gasteiger partial charge in [0.15, 0.2) is 0 Å². The molecule has 0 aromatic carbocycles. The topological polar surface area (TPSA) is 95.9 Å². The number of amides is 1. The summed E-state index contributed by atoms with van der Waals surface area (Å²) in [5, 5.41) is 23.4. The molecule has 0 heterocycles. The lowest BCUT2D eigenvalue weighted by atomic mass is 10.0. The molecular formula is C72H141NO5. The minimum atomic E-state index is -0.663. The van der Waals surface area contributed by atoms with Crippen LogP contribution in [0.5, 0.6) is 0 Å². The molecule has 1 amide bonds. The summed E-state index contributed by atoms with van der Waals surface area (Å²) in [5.74, 6) is -0.00941. The van der Waals surface area contributed by atoms with E-state index in [-0.39, 0.29) is 18.5 Å². The number of nitrogens with one attached hydrogen (secondary N) is 1. The number of rotatable bonds is 68. The van der Waals surface area contributed by atoms with E-state index in [4.69, 9.17) is 4.74 Å². The Morgan fingerprint density at radius 2 is 0.603 bits per heavy atom. The van der Waals surface area contributed by atoms with Gasteiger partial charge < -0.3 is 20.3 Å². The zero-order valence-corrected chi connectivity index (χ0v) is 53.2. The number of aliphatic hydroxyl groups excluding tert-OH is 2. The first-order valence-electron chi connectivity index (χ1n) is 35.9. The van der Waals surface area contributed by atoms with Gasteiger partial charge in [0.2, 0.25) is 5.91 Å². The van der Waals surface area contributed by atoms with Crippen LogP contribution in [0.25, 0.3) is 0 Å². The van der Waals surface area contributed by atoms with Crippen LogP contribution in [0.1, 0.15) is 412 Å². The molecule has 0 saturated heterocycles. The fraction of sp³-hybridized carbons (Fsp3) is 0.944. The minimum absolute atomic E-state index is 0.0210.